The minimum Gasteiger partial charge on any atom is -0.454 e. The van der Waals surface area contributed by atoms with Gasteiger partial charge in [0.2, 0.25) is 5.82 Å². The Morgan fingerprint density at radius 2 is 1.92 bits per heavy atom. The van der Waals surface area contributed by atoms with Crippen LogP contribution < -0.4 is 10.2 Å². The number of likely N-dealkylation sites (tertiary alicyclic amines) is 1. The van der Waals surface area contributed by atoms with Gasteiger partial charge < -0.3 is 19.5 Å². The number of benzene rings is 2. The van der Waals surface area contributed by atoms with Gasteiger partial charge in [-0.1, -0.05) is 60.6 Å². The fourth-order valence-corrected chi connectivity index (χ4v) is 5.20. The lowest BCUT2D eigenvalue weighted by molar-refractivity contribution is -0.923. The van der Waals surface area contributed by atoms with E-state index in [0.717, 1.165) is 42.0 Å². The highest BCUT2D eigenvalue weighted by atomic mass is 16.5. The molecule has 9 nitrogen and oxygen atoms in total. The molecule has 4 aromatic rings. The number of hydrogen-bond donors (Lipinski definition) is 2. The lowest BCUT2D eigenvalue weighted by atomic mass is 9.91. The van der Waals surface area contributed by atoms with Crippen molar-refractivity contribution in [2.45, 2.75) is 45.4 Å². The number of rotatable bonds is 9. The number of anilines is 1. The molecule has 4 atom stereocenters. The van der Waals surface area contributed by atoms with Crippen LogP contribution in [-0.4, -0.2) is 45.1 Å². The standard InChI is InChI=1S/C29H34N6O3/c1-4-21-15-16-35(19-26-31-28(38-33-26)24-17-20(2)32-34(24)3)18-25(21)37-29(36)27(22-11-7-5-8-12-22)30-23-13-9-6-10-14-23/h5-14,17,21,25,27,30H,4,15-16,18-19H2,1-3H3/p+1/t21?,25-,27+/m0/s1. The summed E-state index contributed by atoms with van der Waals surface area (Å²) in [6.45, 7) is 6.36. The van der Waals surface area contributed by atoms with Crippen molar-refractivity contribution in [1.82, 2.24) is 19.9 Å². The SMILES string of the molecule is CCC1CC[NH+](Cc2noc(-c3cc(C)nn3C)n2)C[C@@H]1OC(=O)[C@H](Nc1ccccc1)c1ccccc1. The van der Waals surface area contributed by atoms with Crippen molar-refractivity contribution >= 4 is 11.7 Å². The van der Waals surface area contributed by atoms with Crippen molar-refractivity contribution in [2.75, 3.05) is 18.4 Å². The van der Waals surface area contributed by atoms with Gasteiger partial charge in [0.1, 0.15) is 18.8 Å². The van der Waals surface area contributed by atoms with E-state index in [1.807, 2.05) is 80.7 Å². The number of esters is 1. The number of hydrogen-bond acceptors (Lipinski definition) is 7. The van der Waals surface area contributed by atoms with Gasteiger partial charge >= 0.3 is 5.97 Å². The third-order valence-corrected chi connectivity index (χ3v) is 7.23. The van der Waals surface area contributed by atoms with Crippen LogP contribution in [0.25, 0.3) is 11.6 Å². The highest BCUT2D eigenvalue weighted by Gasteiger charge is 2.36. The van der Waals surface area contributed by atoms with Gasteiger partial charge in [-0.05, 0) is 37.1 Å². The smallest absolute Gasteiger partial charge is 0.333 e. The Hall–Kier alpha value is -3.98. The number of nitrogens with one attached hydrogen (secondary N) is 2. The van der Waals surface area contributed by atoms with E-state index in [-0.39, 0.29) is 12.1 Å². The molecule has 2 unspecified atom stereocenters. The number of para-hydroxylation sites is 1. The molecule has 2 aromatic heterocycles. The van der Waals surface area contributed by atoms with E-state index in [4.69, 9.17) is 9.26 Å². The van der Waals surface area contributed by atoms with E-state index in [1.165, 1.54) is 4.90 Å². The number of carbonyl (C=O) groups excluding carboxylic acids is 1. The Labute approximate surface area is 222 Å². The first-order valence-corrected chi connectivity index (χ1v) is 13.2. The number of carbonyl (C=O) groups is 1. The average molecular weight is 516 g/mol. The molecule has 1 saturated heterocycles. The minimum atomic E-state index is -0.594. The molecule has 38 heavy (non-hydrogen) atoms. The van der Waals surface area contributed by atoms with Crippen molar-refractivity contribution in [3.8, 4) is 11.6 Å². The van der Waals surface area contributed by atoms with Crippen molar-refractivity contribution in [3.63, 3.8) is 0 Å². The first-order valence-electron chi connectivity index (χ1n) is 13.2. The number of quaternary nitrogens is 1. The van der Waals surface area contributed by atoms with E-state index < -0.39 is 6.04 Å². The topological polar surface area (TPSA) is 99.5 Å². The van der Waals surface area contributed by atoms with Gasteiger partial charge in [0.05, 0.1) is 12.2 Å². The predicted octanol–water partition coefficient (Wildman–Crippen LogP) is 3.36. The molecular weight excluding hydrogens is 480 g/mol. The number of nitrogens with zero attached hydrogens (tertiary/aromatic N) is 4. The van der Waals surface area contributed by atoms with Crippen LogP contribution in [0.1, 0.15) is 42.9 Å². The minimum absolute atomic E-state index is 0.189. The van der Waals surface area contributed by atoms with Gasteiger partial charge in [-0.25, -0.2) is 4.79 Å². The molecule has 0 aliphatic carbocycles. The predicted molar refractivity (Wildman–Crippen MR) is 143 cm³/mol. The van der Waals surface area contributed by atoms with Gasteiger partial charge in [0.25, 0.3) is 5.89 Å². The zero-order chi connectivity index (χ0) is 26.5. The Morgan fingerprint density at radius 1 is 1.18 bits per heavy atom. The van der Waals surface area contributed by atoms with Crippen molar-refractivity contribution < 1.29 is 19.0 Å². The summed E-state index contributed by atoms with van der Waals surface area (Å²) in [5.41, 5.74) is 3.44. The Bertz CT molecular complexity index is 1340. The summed E-state index contributed by atoms with van der Waals surface area (Å²) < 4.78 is 13.5. The second-order valence-corrected chi connectivity index (χ2v) is 9.98. The monoisotopic (exact) mass is 515 g/mol. The van der Waals surface area contributed by atoms with E-state index in [2.05, 4.69) is 27.5 Å². The molecule has 0 amide bonds. The largest absolute Gasteiger partial charge is 0.454 e. The van der Waals surface area contributed by atoms with E-state index in [9.17, 15) is 4.79 Å². The molecule has 1 aliphatic rings. The van der Waals surface area contributed by atoms with Crippen LogP contribution in [0.4, 0.5) is 5.69 Å². The van der Waals surface area contributed by atoms with Gasteiger partial charge in [-0.15, -0.1) is 0 Å². The van der Waals surface area contributed by atoms with Crippen LogP contribution in [-0.2, 0) is 23.1 Å². The molecule has 9 heteroatoms. The second-order valence-electron chi connectivity index (χ2n) is 9.98. The zero-order valence-corrected chi connectivity index (χ0v) is 22.1. The third-order valence-electron chi connectivity index (χ3n) is 7.23. The van der Waals surface area contributed by atoms with Crippen LogP contribution in [0.5, 0.6) is 0 Å². The average Bonchev–Trinajstić information content (AvgIpc) is 3.53. The lowest BCUT2D eigenvalue weighted by Gasteiger charge is -2.35. The van der Waals surface area contributed by atoms with Crippen LogP contribution in [0.3, 0.4) is 0 Å². The molecule has 0 saturated carbocycles. The maximum Gasteiger partial charge on any atom is 0.333 e. The maximum absolute atomic E-state index is 13.6. The van der Waals surface area contributed by atoms with E-state index >= 15 is 0 Å². The van der Waals surface area contributed by atoms with Gasteiger partial charge in [-0.2, -0.15) is 10.1 Å². The maximum atomic E-state index is 13.6. The summed E-state index contributed by atoms with van der Waals surface area (Å²) in [6.07, 6.45) is 1.74. The van der Waals surface area contributed by atoms with Crippen molar-refractivity contribution in [3.05, 3.63) is 83.8 Å². The summed E-state index contributed by atoms with van der Waals surface area (Å²) in [5.74, 6) is 1.15. The van der Waals surface area contributed by atoms with Crippen molar-refractivity contribution in [1.29, 1.82) is 0 Å². The molecule has 198 valence electrons. The van der Waals surface area contributed by atoms with Crippen LogP contribution in [0.2, 0.25) is 0 Å². The Kier molecular flexibility index (Phi) is 7.83. The molecule has 0 bridgehead atoms. The second kappa shape index (κ2) is 11.6. The molecule has 1 fully saturated rings. The highest BCUT2D eigenvalue weighted by Crippen LogP contribution is 2.25. The first kappa shape index (κ1) is 25.7. The van der Waals surface area contributed by atoms with Gasteiger partial charge in [-0.3, -0.25) is 4.68 Å². The van der Waals surface area contributed by atoms with Gasteiger partial charge in [0, 0.05) is 25.1 Å². The number of piperidine rings is 1. The molecular formula is C29H35N6O3+. The Morgan fingerprint density at radius 3 is 2.61 bits per heavy atom. The molecule has 2 N–H and O–H groups in total. The summed E-state index contributed by atoms with van der Waals surface area (Å²) in [4.78, 5) is 19.5. The van der Waals surface area contributed by atoms with Gasteiger partial charge in [0.15, 0.2) is 12.1 Å². The van der Waals surface area contributed by atoms with Crippen LogP contribution in [0, 0.1) is 12.8 Å². The number of aromatic nitrogens is 4. The van der Waals surface area contributed by atoms with Crippen LogP contribution >= 0.6 is 0 Å². The summed E-state index contributed by atoms with van der Waals surface area (Å²) >= 11 is 0. The fraction of sp³-hybridized carbons (Fsp3) is 0.379. The van der Waals surface area contributed by atoms with Crippen LogP contribution in [0.15, 0.2) is 71.3 Å². The fourth-order valence-electron chi connectivity index (χ4n) is 5.20. The number of aryl methyl sites for hydroxylation is 2. The molecule has 5 rings (SSSR count). The Balaban J connectivity index is 1.28. The third kappa shape index (κ3) is 5.94. The summed E-state index contributed by atoms with van der Waals surface area (Å²) in [5, 5.41) is 11.9. The molecule has 0 spiro atoms. The zero-order valence-electron chi connectivity index (χ0n) is 22.1. The summed E-state index contributed by atoms with van der Waals surface area (Å²) in [6, 6.07) is 20.8. The molecule has 2 aromatic carbocycles. The molecule has 0 radical (unpaired) electrons. The highest BCUT2D eigenvalue weighted by molar-refractivity contribution is 5.81. The van der Waals surface area contributed by atoms with Crippen molar-refractivity contribution in [2.24, 2.45) is 13.0 Å². The molecule has 3 heterocycles. The first-order chi connectivity index (χ1) is 18.5. The van der Waals surface area contributed by atoms with E-state index in [1.54, 1.807) is 4.68 Å². The normalized spacial score (nSPS) is 20.1. The summed E-state index contributed by atoms with van der Waals surface area (Å²) in [7, 11) is 1.86. The van der Waals surface area contributed by atoms with E-state index in [0.29, 0.717) is 30.7 Å². The quantitative estimate of drug-likeness (QED) is 0.330. The number of ether oxygens (including phenoxy) is 1. The molecule has 1 aliphatic heterocycles. The lowest BCUT2D eigenvalue weighted by Crippen LogP contribution is -3.13.